The molecule has 0 amide bonds. The summed E-state index contributed by atoms with van der Waals surface area (Å²) in [4.78, 5) is 3.86. The van der Waals surface area contributed by atoms with E-state index in [0.29, 0.717) is 12.2 Å². The molecule has 2 aromatic rings. The SMILES string of the molecule is C[C@@H]1CN(Cc2ccccc2CNCc2cc(Br)cs2)C[C@H](C)O1. The lowest BCUT2D eigenvalue weighted by molar-refractivity contribution is -0.0705. The Balaban J connectivity index is 1.58. The molecule has 1 N–H and O–H groups in total. The van der Waals surface area contributed by atoms with Crippen LogP contribution in [0.1, 0.15) is 29.9 Å². The molecule has 2 atom stereocenters. The summed E-state index contributed by atoms with van der Waals surface area (Å²) in [5.41, 5.74) is 2.80. The van der Waals surface area contributed by atoms with Gasteiger partial charge in [0.2, 0.25) is 0 Å². The normalized spacial score (nSPS) is 22.0. The maximum absolute atomic E-state index is 5.84. The van der Waals surface area contributed by atoms with Crippen molar-refractivity contribution in [3.05, 3.63) is 56.2 Å². The summed E-state index contributed by atoms with van der Waals surface area (Å²) in [5.74, 6) is 0. The highest BCUT2D eigenvalue weighted by Crippen LogP contribution is 2.20. The number of hydrogen-bond donors (Lipinski definition) is 1. The van der Waals surface area contributed by atoms with Crippen LogP contribution in [0.4, 0.5) is 0 Å². The number of halogens is 1. The van der Waals surface area contributed by atoms with Gasteiger partial charge in [0.1, 0.15) is 0 Å². The van der Waals surface area contributed by atoms with Gasteiger partial charge >= 0.3 is 0 Å². The fourth-order valence-corrected chi connectivity index (χ4v) is 4.73. The lowest BCUT2D eigenvalue weighted by Gasteiger charge is -2.35. The molecule has 1 saturated heterocycles. The summed E-state index contributed by atoms with van der Waals surface area (Å²) >= 11 is 5.30. The van der Waals surface area contributed by atoms with Crippen molar-refractivity contribution in [1.82, 2.24) is 10.2 Å². The molecule has 0 radical (unpaired) electrons. The van der Waals surface area contributed by atoms with E-state index in [-0.39, 0.29) is 0 Å². The number of rotatable bonds is 6. The fourth-order valence-electron chi connectivity index (χ4n) is 3.31. The molecule has 5 heteroatoms. The van der Waals surface area contributed by atoms with Crippen molar-refractivity contribution in [3.8, 4) is 0 Å². The quantitative estimate of drug-likeness (QED) is 0.765. The molecule has 2 heterocycles. The zero-order valence-electron chi connectivity index (χ0n) is 14.3. The Morgan fingerprint density at radius 1 is 1.17 bits per heavy atom. The Bertz CT molecular complexity index is 650. The number of morpholine rings is 1. The van der Waals surface area contributed by atoms with E-state index in [4.69, 9.17) is 4.74 Å². The van der Waals surface area contributed by atoms with E-state index in [1.165, 1.54) is 20.5 Å². The van der Waals surface area contributed by atoms with E-state index >= 15 is 0 Å². The topological polar surface area (TPSA) is 24.5 Å². The number of ether oxygens (including phenoxy) is 1. The van der Waals surface area contributed by atoms with Crippen molar-refractivity contribution in [1.29, 1.82) is 0 Å². The second-order valence-electron chi connectivity index (χ2n) is 6.55. The van der Waals surface area contributed by atoms with Crippen LogP contribution in [0.25, 0.3) is 0 Å². The van der Waals surface area contributed by atoms with Crippen LogP contribution >= 0.6 is 27.3 Å². The second-order valence-corrected chi connectivity index (χ2v) is 8.47. The zero-order chi connectivity index (χ0) is 16.9. The molecule has 1 aliphatic rings. The Hall–Kier alpha value is -0.720. The molecule has 1 aromatic carbocycles. The van der Waals surface area contributed by atoms with E-state index in [9.17, 15) is 0 Å². The van der Waals surface area contributed by atoms with E-state index in [1.54, 1.807) is 11.3 Å². The number of benzene rings is 1. The molecule has 24 heavy (non-hydrogen) atoms. The van der Waals surface area contributed by atoms with Gasteiger partial charge in [-0.25, -0.2) is 0 Å². The molecule has 0 spiro atoms. The summed E-state index contributed by atoms with van der Waals surface area (Å²) in [6, 6.07) is 10.9. The van der Waals surface area contributed by atoms with Crippen molar-refractivity contribution in [2.45, 2.75) is 45.7 Å². The Labute approximate surface area is 157 Å². The highest BCUT2D eigenvalue weighted by atomic mass is 79.9. The highest BCUT2D eigenvalue weighted by molar-refractivity contribution is 9.10. The van der Waals surface area contributed by atoms with Crippen molar-refractivity contribution < 1.29 is 4.74 Å². The van der Waals surface area contributed by atoms with Gasteiger partial charge in [0.15, 0.2) is 0 Å². The molecule has 0 unspecified atom stereocenters. The minimum Gasteiger partial charge on any atom is -0.373 e. The molecule has 0 saturated carbocycles. The highest BCUT2D eigenvalue weighted by Gasteiger charge is 2.22. The minimum absolute atomic E-state index is 0.316. The maximum atomic E-state index is 5.84. The molecule has 1 fully saturated rings. The molecule has 1 aromatic heterocycles. The smallest absolute Gasteiger partial charge is 0.0678 e. The predicted molar refractivity (Wildman–Crippen MR) is 104 cm³/mol. The third kappa shape index (κ3) is 5.14. The number of thiophene rings is 1. The lowest BCUT2D eigenvalue weighted by Crippen LogP contribution is -2.45. The molecule has 3 rings (SSSR count). The Kier molecular flexibility index (Phi) is 6.47. The number of nitrogens with one attached hydrogen (secondary N) is 1. The third-order valence-corrected chi connectivity index (χ3v) is 5.94. The largest absolute Gasteiger partial charge is 0.373 e. The van der Waals surface area contributed by atoms with Crippen LogP contribution in [-0.2, 0) is 24.4 Å². The Morgan fingerprint density at radius 3 is 2.54 bits per heavy atom. The van der Waals surface area contributed by atoms with Crippen molar-refractivity contribution >= 4 is 27.3 Å². The molecule has 130 valence electrons. The van der Waals surface area contributed by atoms with E-state index in [1.807, 2.05) is 0 Å². The van der Waals surface area contributed by atoms with Crippen LogP contribution in [0.5, 0.6) is 0 Å². The summed E-state index contributed by atoms with van der Waals surface area (Å²) in [7, 11) is 0. The number of nitrogens with zero attached hydrogens (tertiary/aromatic N) is 1. The van der Waals surface area contributed by atoms with Crippen LogP contribution in [0.15, 0.2) is 40.2 Å². The molecular weight excluding hydrogens is 384 g/mol. The van der Waals surface area contributed by atoms with Crippen LogP contribution in [0, 0.1) is 0 Å². The monoisotopic (exact) mass is 408 g/mol. The zero-order valence-corrected chi connectivity index (χ0v) is 16.7. The second kappa shape index (κ2) is 8.59. The third-order valence-electron chi connectivity index (χ3n) is 4.24. The maximum Gasteiger partial charge on any atom is 0.0678 e. The summed E-state index contributed by atoms with van der Waals surface area (Å²) in [5, 5.41) is 5.70. The molecule has 3 nitrogen and oxygen atoms in total. The van der Waals surface area contributed by atoms with Crippen molar-refractivity contribution in [2.75, 3.05) is 13.1 Å². The predicted octanol–water partition coefficient (Wildman–Crippen LogP) is 4.41. The Morgan fingerprint density at radius 2 is 1.88 bits per heavy atom. The molecular formula is C19H25BrN2OS. The molecule has 1 aliphatic heterocycles. The van der Waals surface area contributed by atoms with Crippen LogP contribution in [0.2, 0.25) is 0 Å². The summed E-state index contributed by atoms with van der Waals surface area (Å²) in [6.07, 6.45) is 0.632. The molecule has 0 aliphatic carbocycles. The van der Waals surface area contributed by atoms with E-state index < -0.39 is 0 Å². The van der Waals surface area contributed by atoms with Gasteiger partial charge < -0.3 is 10.1 Å². The standard InChI is InChI=1S/C19H25BrN2OS/c1-14-10-22(11-15(2)23-14)12-17-6-4-3-5-16(17)8-21-9-19-7-18(20)13-24-19/h3-7,13-15,21H,8-12H2,1-2H3/t14-,15+. The van der Waals surface area contributed by atoms with Gasteiger partial charge in [0, 0.05) is 47.5 Å². The van der Waals surface area contributed by atoms with Gasteiger partial charge in [0.05, 0.1) is 12.2 Å². The van der Waals surface area contributed by atoms with Gasteiger partial charge in [0.25, 0.3) is 0 Å². The van der Waals surface area contributed by atoms with Gasteiger partial charge in [-0.1, -0.05) is 24.3 Å². The van der Waals surface area contributed by atoms with Crippen molar-refractivity contribution in [2.24, 2.45) is 0 Å². The van der Waals surface area contributed by atoms with Crippen LogP contribution < -0.4 is 5.32 Å². The summed E-state index contributed by atoms with van der Waals surface area (Å²) in [6.45, 7) is 9.16. The lowest BCUT2D eigenvalue weighted by atomic mass is 10.1. The first-order valence-corrected chi connectivity index (χ1v) is 10.2. The average Bonchev–Trinajstić information content (AvgIpc) is 2.93. The van der Waals surface area contributed by atoms with Crippen LogP contribution in [0.3, 0.4) is 0 Å². The van der Waals surface area contributed by atoms with E-state index in [0.717, 1.165) is 32.7 Å². The first-order chi connectivity index (χ1) is 11.6. The fraction of sp³-hybridized carbons (Fsp3) is 0.474. The van der Waals surface area contributed by atoms with Gasteiger partial charge in [-0.05, 0) is 47.0 Å². The van der Waals surface area contributed by atoms with Gasteiger partial charge in [-0.2, -0.15) is 0 Å². The summed E-state index contributed by atoms with van der Waals surface area (Å²) < 4.78 is 7.01. The molecule has 0 bridgehead atoms. The van der Waals surface area contributed by atoms with Crippen LogP contribution in [-0.4, -0.2) is 30.2 Å². The first kappa shape index (κ1) is 18.1. The average molecular weight is 409 g/mol. The number of hydrogen-bond acceptors (Lipinski definition) is 4. The minimum atomic E-state index is 0.316. The van der Waals surface area contributed by atoms with E-state index in [2.05, 4.69) is 75.7 Å². The van der Waals surface area contributed by atoms with Gasteiger partial charge in [-0.3, -0.25) is 4.90 Å². The first-order valence-electron chi connectivity index (χ1n) is 8.48. The van der Waals surface area contributed by atoms with Crippen molar-refractivity contribution in [3.63, 3.8) is 0 Å². The van der Waals surface area contributed by atoms with Gasteiger partial charge in [-0.15, -0.1) is 11.3 Å².